The quantitative estimate of drug-likeness (QED) is 0.588. The van der Waals surface area contributed by atoms with Crippen molar-refractivity contribution in [3.63, 3.8) is 0 Å². The fourth-order valence-corrected chi connectivity index (χ4v) is 3.22. The first-order valence-corrected chi connectivity index (χ1v) is 9.73. The Morgan fingerprint density at radius 2 is 1.96 bits per heavy atom. The van der Waals surface area contributed by atoms with E-state index in [0.717, 1.165) is 11.8 Å². The number of halogens is 2. The second-order valence-corrected chi connectivity index (χ2v) is 7.72. The van der Waals surface area contributed by atoms with E-state index in [0.29, 0.717) is 29.1 Å². The number of carbonyl (C=O) groups is 1. The van der Waals surface area contributed by atoms with Crippen LogP contribution in [-0.2, 0) is 11.2 Å². The minimum absolute atomic E-state index is 0.00467. The van der Waals surface area contributed by atoms with Gasteiger partial charge in [-0.2, -0.15) is 0 Å². The molecule has 0 aliphatic heterocycles. The Labute approximate surface area is 170 Å². The third-order valence-electron chi connectivity index (χ3n) is 4.79. The number of amides is 1. The van der Waals surface area contributed by atoms with Gasteiger partial charge >= 0.3 is 0 Å². The maximum Gasteiger partial charge on any atom is 0.225 e. The van der Waals surface area contributed by atoms with Crippen LogP contribution in [0.25, 0.3) is 0 Å². The summed E-state index contributed by atoms with van der Waals surface area (Å²) in [5.74, 6) is -0.473. The summed E-state index contributed by atoms with van der Waals surface area (Å²) in [6.45, 7) is 3.93. The minimum atomic E-state index is -0.499. The van der Waals surface area contributed by atoms with Crippen LogP contribution >= 0.6 is 11.6 Å². The number of pyridine rings is 1. The third kappa shape index (κ3) is 6.26. The Bertz CT molecular complexity index is 784. The van der Waals surface area contributed by atoms with Gasteiger partial charge in [0.25, 0.3) is 0 Å². The van der Waals surface area contributed by atoms with E-state index < -0.39 is 11.9 Å². The lowest BCUT2D eigenvalue weighted by atomic mass is 9.85. The summed E-state index contributed by atoms with van der Waals surface area (Å²) in [4.78, 5) is 16.5. The molecular formula is C21H27ClFN3O2. The average molecular weight is 408 g/mol. The van der Waals surface area contributed by atoms with Gasteiger partial charge in [-0.1, -0.05) is 37.6 Å². The van der Waals surface area contributed by atoms with Crippen molar-refractivity contribution >= 4 is 23.2 Å². The van der Waals surface area contributed by atoms with Crippen molar-refractivity contribution in [1.82, 2.24) is 4.98 Å². The van der Waals surface area contributed by atoms with E-state index in [9.17, 15) is 9.18 Å². The number of nitrogens with zero attached hydrogens (tertiary/aromatic N) is 1. The fourth-order valence-electron chi connectivity index (χ4n) is 3.09. The van der Waals surface area contributed by atoms with Gasteiger partial charge in [-0.15, -0.1) is 0 Å². The lowest BCUT2D eigenvalue weighted by Gasteiger charge is -2.21. The minimum Gasteiger partial charge on any atom is -0.395 e. The number of anilines is 1. The number of carbonyl (C=O) groups excluding carboxylic acids is 1. The highest BCUT2D eigenvalue weighted by atomic mass is 35.5. The second kappa shape index (κ2) is 10.5. The molecule has 0 saturated heterocycles. The monoisotopic (exact) mass is 407 g/mol. The maximum absolute atomic E-state index is 14.2. The molecule has 2 aromatic rings. The molecule has 0 radical (unpaired) electrons. The van der Waals surface area contributed by atoms with Gasteiger partial charge in [-0.3, -0.25) is 9.78 Å². The van der Waals surface area contributed by atoms with E-state index in [4.69, 9.17) is 22.4 Å². The van der Waals surface area contributed by atoms with Gasteiger partial charge in [0.2, 0.25) is 5.91 Å². The zero-order chi connectivity index (χ0) is 20.7. The van der Waals surface area contributed by atoms with Crippen LogP contribution in [0.3, 0.4) is 0 Å². The molecule has 152 valence electrons. The Hall–Kier alpha value is -2.02. The molecule has 1 aromatic heterocycles. The molecule has 1 amide bonds. The number of hydrogen-bond acceptors (Lipinski definition) is 4. The molecule has 4 N–H and O–H groups in total. The van der Waals surface area contributed by atoms with E-state index in [-0.39, 0.29) is 30.8 Å². The molecule has 0 aliphatic rings. The predicted molar refractivity (Wildman–Crippen MR) is 110 cm³/mol. The number of benzene rings is 1. The number of aliphatic hydroxyl groups is 1. The Balaban J connectivity index is 2.12. The van der Waals surface area contributed by atoms with Crippen molar-refractivity contribution < 1.29 is 14.3 Å². The van der Waals surface area contributed by atoms with Gasteiger partial charge in [0.15, 0.2) is 0 Å². The summed E-state index contributed by atoms with van der Waals surface area (Å²) in [7, 11) is 0. The van der Waals surface area contributed by atoms with Gasteiger partial charge in [-0.25, -0.2) is 4.39 Å². The van der Waals surface area contributed by atoms with E-state index in [1.807, 2.05) is 24.3 Å². The van der Waals surface area contributed by atoms with Gasteiger partial charge in [0.05, 0.1) is 24.7 Å². The van der Waals surface area contributed by atoms with Crippen LogP contribution in [0.5, 0.6) is 0 Å². The molecule has 7 heteroatoms. The molecule has 5 nitrogen and oxygen atoms in total. The first-order valence-electron chi connectivity index (χ1n) is 9.36. The van der Waals surface area contributed by atoms with Crippen molar-refractivity contribution in [1.29, 1.82) is 0 Å². The van der Waals surface area contributed by atoms with Gasteiger partial charge < -0.3 is 16.2 Å². The largest absolute Gasteiger partial charge is 0.395 e. The number of aliphatic hydroxyl groups excluding tert-OH is 1. The molecule has 0 bridgehead atoms. The lowest BCUT2D eigenvalue weighted by Crippen LogP contribution is -2.25. The van der Waals surface area contributed by atoms with E-state index in [1.54, 1.807) is 0 Å². The van der Waals surface area contributed by atoms with Crippen LogP contribution in [0.1, 0.15) is 43.7 Å². The molecule has 28 heavy (non-hydrogen) atoms. The first kappa shape index (κ1) is 22.3. The average Bonchev–Trinajstić information content (AvgIpc) is 2.66. The molecule has 2 rings (SSSR count). The van der Waals surface area contributed by atoms with Crippen molar-refractivity contribution in [2.75, 3.05) is 11.9 Å². The maximum atomic E-state index is 14.2. The molecule has 0 spiro atoms. The zero-order valence-electron chi connectivity index (χ0n) is 16.2. The van der Waals surface area contributed by atoms with Crippen molar-refractivity contribution in [3.05, 3.63) is 58.6 Å². The van der Waals surface area contributed by atoms with Crippen molar-refractivity contribution in [2.45, 2.75) is 45.1 Å². The topological polar surface area (TPSA) is 88.2 Å². The summed E-state index contributed by atoms with van der Waals surface area (Å²) < 4.78 is 14.2. The van der Waals surface area contributed by atoms with Crippen LogP contribution in [0.15, 0.2) is 36.7 Å². The third-order valence-corrected chi connectivity index (χ3v) is 5.04. The van der Waals surface area contributed by atoms with Crippen LogP contribution in [0, 0.1) is 11.7 Å². The highest BCUT2D eigenvalue weighted by Crippen LogP contribution is 2.30. The summed E-state index contributed by atoms with van der Waals surface area (Å²) >= 11 is 5.96. The second-order valence-electron chi connectivity index (χ2n) is 7.28. The molecule has 1 heterocycles. The molecule has 0 saturated carbocycles. The fraction of sp³-hybridized carbons (Fsp3) is 0.429. The molecule has 1 unspecified atom stereocenters. The van der Waals surface area contributed by atoms with Gasteiger partial charge in [0.1, 0.15) is 5.82 Å². The van der Waals surface area contributed by atoms with Crippen LogP contribution in [0.2, 0.25) is 5.02 Å². The highest BCUT2D eigenvalue weighted by molar-refractivity contribution is 6.30. The standard InChI is InChI=1S/C21H27ClFN3O2/c1-13(2)18(14-3-5-15(22)6-4-14)9-21(28)26-20-11-25-10-19(23)17(20)8-7-16(24)12-27/h3-6,10-11,13,16,18,27H,7-9,12,24H2,1-2H3,(H,26,28)/t16-,18?/m0/s1. The molecular weight excluding hydrogens is 381 g/mol. The summed E-state index contributed by atoms with van der Waals surface area (Å²) in [6.07, 6.45) is 3.51. The highest BCUT2D eigenvalue weighted by Gasteiger charge is 2.21. The van der Waals surface area contributed by atoms with Crippen molar-refractivity contribution in [3.8, 4) is 0 Å². The number of nitrogens with one attached hydrogen (secondary N) is 1. The normalized spacial score (nSPS) is 13.4. The zero-order valence-corrected chi connectivity index (χ0v) is 16.9. The first-order chi connectivity index (χ1) is 13.3. The number of aromatic nitrogens is 1. The van der Waals surface area contributed by atoms with Crippen LogP contribution in [-0.4, -0.2) is 28.6 Å². The van der Waals surface area contributed by atoms with Crippen molar-refractivity contribution in [2.24, 2.45) is 11.7 Å². The Kier molecular flexibility index (Phi) is 8.35. The lowest BCUT2D eigenvalue weighted by molar-refractivity contribution is -0.116. The SMILES string of the molecule is CC(C)C(CC(=O)Nc1cncc(F)c1CC[C@H](N)CO)c1ccc(Cl)cc1. The molecule has 1 aromatic carbocycles. The molecule has 0 aliphatic carbocycles. The van der Waals surface area contributed by atoms with Crippen LogP contribution in [0.4, 0.5) is 10.1 Å². The Morgan fingerprint density at radius 3 is 2.57 bits per heavy atom. The number of hydrogen-bond donors (Lipinski definition) is 3. The van der Waals surface area contributed by atoms with E-state index in [1.165, 1.54) is 6.20 Å². The summed E-state index contributed by atoms with van der Waals surface area (Å²) in [6, 6.07) is 7.02. The Morgan fingerprint density at radius 1 is 1.29 bits per heavy atom. The molecule has 2 atom stereocenters. The summed E-state index contributed by atoms with van der Waals surface area (Å²) in [5.41, 5.74) is 7.43. The van der Waals surface area contributed by atoms with Gasteiger partial charge in [0, 0.05) is 23.0 Å². The number of nitrogens with two attached hydrogens (primary N) is 1. The van der Waals surface area contributed by atoms with Gasteiger partial charge in [-0.05, 0) is 42.4 Å². The van der Waals surface area contributed by atoms with E-state index >= 15 is 0 Å². The molecule has 0 fully saturated rings. The van der Waals surface area contributed by atoms with E-state index in [2.05, 4.69) is 24.1 Å². The van der Waals surface area contributed by atoms with Crippen LogP contribution < -0.4 is 11.1 Å². The predicted octanol–water partition coefficient (Wildman–Crippen LogP) is 3.89. The smallest absolute Gasteiger partial charge is 0.225 e. The summed E-state index contributed by atoms with van der Waals surface area (Å²) in [5, 5.41) is 12.5. The number of rotatable bonds is 9.